The van der Waals surface area contributed by atoms with Gasteiger partial charge in [0.1, 0.15) is 6.54 Å². The molecule has 160 valence electrons. The fourth-order valence-corrected chi connectivity index (χ4v) is 2.67. The van der Waals surface area contributed by atoms with Crippen molar-refractivity contribution in [2.45, 2.75) is 70.8 Å². The zero-order valence-electron chi connectivity index (χ0n) is 18.2. The number of carbonyl (C=O) groups excluding carboxylic acids is 1. The molecule has 0 aromatic rings. The first-order chi connectivity index (χ1) is 13.2. The Morgan fingerprint density at radius 3 is 2.04 bits per heavy atom. The first-order valence-corrected chi connectivity index (χ1v) is 10.4. The Morgan fingerprint density at radius 1 is 0.929 bits per heavy atom. The SMILES string of the molecule is CCC/C=C/C/C=C/C/C=C/CCCCC(=O)OC(CC(=O)O)C[N+](C)(C)C. The van der Waals surface area contributed by atoms with Crippen molar-refractivity contribution in [3.63, 3.8) is 0 Å². The lowest BCUT2D eigenvalue weighted by atomic mass is 10.1. The molecule has 0 rings (SSSR count). The third kappa shape index (κ3) is 18.9. The van der Waals surface area contributed by atoms with Crippen molar-refractivity contribution in [3.05, 3.63) is 36.5 Å². The molecule has 0 saturated carbocycles. The van der Waals surface area contributed by atoms with Gasteiger partial charge < -0.3 is 14.3 Å². The molecule has 0 fully saturated rings. The third-order valence-corrected chi connectivity index (χ3v) is 3.95. The fourth-order valence-electron chi connectivity index (χ4n) is 2.67. The average molecular weight is 395 g/mol. The number of rotatable bonds is 16. The predicted octanol–water partition coefficient (Wildman–Crippen LogP) is 4.89. The van der Waals surface area contributed by atoms with Gasteiger partial charge in [0.15, 0.2) is 6.10 Å². The number of hydrogen-bond donors (Lipinski definition) is 1. The molecule has 1 unspecified atom stereocenters. The Hall–Kier alpha value is -1.88. The number of nitrogens with zero attached hydrogens (tertiary/aromatic N) is 1. The maximum absolute atomic E-state index is 12.0. The minimum Gasteiger partial charge on any atom is -0.481 e. The number of ether oxygens (including phenoxy) is 1. The van der Waals surface area contributed by atoms with E-state index >= 15 is 0 Å². The van der Waals surface area contributed by atoms with Gasteiger partial charge in [0.2, 0.25) is 0 Å². The highest BCUT2D eigenvalue weighted by atomic mass is 16.5. The van der Waals surface area contributed by atoms with E-state index in [0.29, 0.717) is 17.4 Å². The first kappa shape index (κ1) is 26.1. The van der Waals surface area contributed by atoms with Gasteiger partial charge >= 0.3 is 11.9 Å². The number of hydrogen-bond acceptors (Lipinski definition) is 3. The monoisotopic (exact) mass is 394 g/mol. The van der Waals surface area contributed by atoms with Gasteiger partial charge in [0.05, 0.1) is 27.6 Å². The lowest BCUT2D eigenvalue weighted by Gasteiger charge is -2.28. The van der Waals surface area contributed by atoms with Gasteiger partial charge in [-0.1, -0.05) is 49.8 Å². The number of aliphatic carboxylic acids is 1. The summed E-state index contributed by atoms with van der Waals surface area (Å²) in [6, 6.07) is 0. The van der Waals surface area contributed by atoms with Crippen LogP contribution in [-0.4, -0.2) is 55.3 Å². The van der Waals surface area contributed by atoms with Gasteiger partial charge in [-0.3, -0.25) is 9.59 Å². The zero-order valence-corrected chi connectivity index (χ0v) is 18.2. The molecule has 0 aliphatic carbocycles. The number of unbranched alkanes of at least 4 members (excludes halogenated alkanes) is 3. The van der Waals surface area contributed by atoms with Gasteiger partial charge in [0.25, 0.3) is 0 Å². The van der Waals surface area contributed by atoms with E-state index in [-0.39, 0.29) is 12.4 Å². The van der Waals surface area contributed by atoms with Crippen molar-refractivity contribution in [2.75, 3.05) is 27.7 Å². The summed E-state index contributed by atoms with van der Waals surface area (Å²) in [5.74, 6) is -1.25. The number of allylic oxidation sites excluding steroid dienone is 6. The molecule has 0 aliphatic rings. The largest absolute Gasteiger partial charge is 0.481 e. The van der Waals surface area contributed by atoms with Crippen LogP contribution in [0.4, 0.5) is 0 Å². The average Bonchev–Trinajstić information content (AvgIpc) is 2.56. The minimum atomic E-state index is -0.942. The number of carboxylic acids is 1. The van der Waals surface area contributed by atoms with Crippen LogP contribution in [-0.2, 0) is 14.3 Å². The lowest BCUT2D eigenvalue weighted by molar-refractivity contribution is -0.873. The van der Waals surface area contributed by atoms with Gasteiger partial charge in [0, 0.05) is 6.42 Å². The van der Waals surface area contributed by atoms with Crippen LogP contribution in [0.1, 0.15) is 64.7 Å². The molecule has 1 N–H and O–H groups in total. The minimum absolute atomic E-state index is 0.147. The van der Waals surface area contributed by atoms with Crippen molar-refractivity contribution in [1.82, 2.24) is 0 Å². The zero-order chi connectivity index (χ0) is 21.3. The molecule has 0 saturated heterocycles. The number of carbonyl (C=O) groups is 2. The van der Waals surface area contributed by atoms with Crippen molar-refractivity contribution in [3.8, 4) is 0 Å². The first-order valence-electron chi connectivity index (χ1n) is 10.4. The second kappa shape index (κ2) is 16.1. The van der Waals surface area contributed by atoms with E-state index in [2.05, 4.69) is 43.4 Å². The van der Waals surface area contributed by atoms with Gasteiger partial charge in [-0.05, 0) is 38.5 Å². The van der Waals surface area contributed by atoms with Gasteiger partial charge in [-0.25, -0.2) is 0 Å². The fraction of sp³-hybridized carbons (Fsp3) is 0.652. The summed E-state index contributed by atoms with van der Waals surface area (Å²) >= 11 is 0. The Kier molecular flexibility index (Phi) is 15.0. The highest BCUT2D eigenvalue weighted by molar-refractivity contribution is 5.71. The summed E-state index contributed by atoms with van der Waals surface area (Å²) in [7, 11) is 5.86. The molecule has 1 atom stereocenters. The molecule has 5 nitrogen and oxygen atoms in total. The van der Waals surface area contributed by atoms with Crippen molar-refractivity contribution in [1.29, 1.82) is 0 Å². The highest BCUT2D eigenvalue weighted by Crippen LogP contribution is 2.09. The van der Waals surface area contributed by atoms with Crippen LogP contribution in [0, 0.1) is 0 Å². The van der Waals surface area contributed by atoms with Crippen molar-refractivity contribution < 1.29 is 23.9 Å². The normalized spacial score (nSPS) is 13.6. The van der Waals surface area contributed by atoms with E-state index in [1.165, 1.54) is 6.42 Å². The summed E-state index contributed by atoms with van der Waals surface area (Å²) in [6.07, 6.45) is 19.6. The molecule has 0 spiro atoms. The Morgan fingerprint density at radius 2 is 1.50 bits per heavy atom. The van der Waals surface area contributed by atoms with Crippen molar-refractivity contribution >= 4 is 11.9 Å². The van der Waals surface area contributed by atoms with Crippen LogP contribution >= 0.6 is 0 Å². The molecule has 0 bridgehead atoms. The summed E-state index contributed by atoms with van der Waals surface area (Å²) in [5, 5.41) is 8.98. The molecule has 0 heterocycles. The van der Waals surface area contributed by atoms with Gasteiger partial charge in [-0.15, -0.1) is 0 Å². The summed E-state index contributed by atoms with van der Waals surface area (Å²) < 4.78 is 5.93. The van der Waals surface area contributed by atoms with Crippen LogP contribution in [0.25, 0.3) is 0 Å². The smallest absolute Gasteiger partial charge is 0.307 e. The Bertz CT molecular complexity index is 515. The number of quaternary nitrogens is 1. The van der Waals surface area contributed by atoms with Crippen molar-refractivity contribution in [2.24, 2.45) is 0 Å². The lowest BCUT2D eigenvalue weighted by Crippen LogP contribution is -2.43. The molecule has 0 aromatic heterocycles. The molecule has 5 heteroatoms. The Labute approximate surface area is 171 Å². The molecule has 0 aliphatic heterocycles. The van der Waals surface area contributed by atoms with E-state index in [9.17, 15) is 9.59 Å². The number of likely N-dealkylation sites (N-methyl/N-ethyl adjacent to an activating group) is 1. The number of esters is 1. The summed E-state index contributed by atoms with van der Waals surface area (Å²) in [4.78, 5) is 22.9. The Balaban J connectivity index is 3.89. The van der Waals surface area contributed by atoms with E-state index in [1.807, 2.05) is 21.1 Å². The second-order valence-corrected chi connectivity index (χ2v) is 8.10. The second-order valence-electron chi connectivity index (χ2n) is 8.10. The third-order valence-electron chi connectivity index (χ3n) is 3.95. The van der Waals surface area contributed by atoms with Crippen LogP contribution in [0.5, 0.6) is 0 Å². The molecule has 0 amide bonds. The van der Waals surface area contributed by atoms with E-state index in [0.717, 1.165) is 38.5 Å². The molecule has 28 heavy (non-hydrogen) atoms. The van der Waals surface area contributed by atoms with Gasteiger partial charge in [-0.2, -0.15) is 0 Å². The predicted molar refractivity (Wildman–Crippen MR) is 115 cm³/mol. The molecule has 0 radical (unpaired) electrons. The molecule has 0 aromatic carbocycles. The highest BCUT2D eigenvalue weighted by Gasteiger charge is 2.24. The van der Waals surface area contributed by atoms with Crippen LogP contribution < -0.4 is 0 Å². The molecular formula is C23H40NO4+. The van der Waals surface area contributed by atoms with E-state index < -0.39 is 12.1 Å². The summed E-state index contributed by atoms with van der Waals surface area (Å²) in [5.41, 5.74) is 0. The maximum atomic E-state index is 12.0. The van der Waals surface area contributed by atoms with Crippen LogP contribution in [0.3, 0.4) is 0 Å². The van der Waals surface area contributed by atoms with E-state index in [1.54, 1.807) is 0 Å². The summed E-state index contributed by atoms with van der Waals surface area (Å²) in [6.45, 7) is 2.67. The van der Waals surface area contributed by atoms with Crippen LogP contribution in [0.2, 0.25) is 0 Å². The van der Waals surface area contributed by atoms with Crippen LogP contribution in [0.15, 0.2) is 36.5 Å². The molecular weight excluding hydrogens is 354 g/mol. The maximum Gasteiger partial charge on any atom is 0.307 e. The standard InChI is InChI=1S/C23H39NO4/c1-5-6-7-8-9-10-11-12-13-14-15-16-17-18-23(27)28-21(19-22(25)26)20-24(2,3)4/h7-8,10-11,13-14,21H,5-6,9,12,15-20H2,1-4H3/p+1/b8-7+,11-10+,14-13+. The topological polar surface area (TPSA) is 63.6 Å². The number of carboxylic acid groups (broad SMARTS) is 1. The quantitative estimate of drug-likeness (QED) is 0.175. The van der Waals surface area contributed by atoms with E-state index in [4.69, 9.17) is 9.84 Å².